The van der Waals surface area contributed by atoms with E-state index in [1.54, 1.807) is 0 Å². The van der Waals surface area contributed by atoms with Gasteiger partial charge in [-0.15, -0.1) is 6.58 Å². The average molecular weight is 210 g/mol. The van der Waals surface area contributed by atoms with E-state index in [4.69, 9.17) is 0 Å². The van der Waals surface area contributed by atoms with Crippen LogP contribution in [0.25, 0.3) is 0 Å². The zero-order valence-electron chi connectivity index (χ0n) is 10.5. The van der Waals surface area contributed by atoms with E-state index in [9.17, 15) is 0 Å². The molecule has 0 bridgehead atoms. The second kappa shape index (κ2) is 6.29. The van der Waals surface area contributed by atoms with Crippen molar-refractivity contribution in [3.63, 3.8) is 0 Å². The van der Waals surface area contributed by atoms with Crippen LogP contribution in [0.1, 0.15) is 33.6 Å². The maximum atomic E-state index is 3.72. The molecule has 0 aromatic carbocycles. The molecular formula is C13H26N2. The molecule has 0 radical (unpaired) electrons. The van der Waals surface area contributed by atoms with E-state index in [0.717, 1.165) is 25.0 Å². The minimum Gasteiger partial charge on any atom is -0.312 e. The van der Waals surface area contributed by atoms with E-state index in [-0.39, 0.29) is 0 Å². The number of nitrogens with one attached hydrogen (secondary N) is 1. The Kier molecular flexibility index (Phi) is 5.34. The largest absolute Gasteiger partial charge is 0.312 e. The highest BCUT2D eigenvalue weighted by Crippen LogP contribution is 2.29. The molecule has 1 rings (SSSR count). The second-order valence-electron chi connectivity index (χ2n) is 5.12. The van der Waals surface area contributed by atoms with Gasteiger partial charge in [0.2, 0.25) is 0 Å². The summed E-state index contributed by atoms with van der Waals surface area (Å²) in [6.45, 7) is 13.9. The van der Waals surface area contributed by atoms with Crippen molar-refractivity contribution in [3.8, 4) is 0 Å². The van der Waals surface area contributed by atoms with Crippen LogP contribution in [0.4, 0.5) is 0 Å². The van der Waals surface area contributed by atoms with Crippen LogP contribution in [0.3, 0.4) is 0 Å². The molecule has 0 amide bonds. The molecule has 2 heteroatoms. The zero-order valence-corrected chi connectivity index (χ0v) is 10.5. The van der Waals surface area contributed by atoms with E-state index in [1.165, 1.54) is 19.4 Å². The first kappa shape index (κ1) is 12.7. The lowest BCUT2D eigenvalue weighted by molar-refractivity contribution is 0.174. The van der Waals surface area contributed by atoms with Crippen molar-refractivity contribution in [3.05, 3.63) is 12.7 Å². The number of rotatable bonds is 8. The van der Waals surface area contributed by atoms with E-state index in [2.05, 4.69) is 37.6 Å². The van der Waals surface area contributed by atoms with Crippen LogP contribution in [0.15, 0.2) is 12.7 Å². The molecule has 88 valence electrons. The fraction of sp³-hybridized carbons (Fsp3) is 0.846. The van der Waals surface area contributed by atoms with Crippen molar-refractivity contribution in [1.29, 1.82) is 0 Å². The molecule has 1 aliphatic carbocycles. The smallest absolute Gasteiger partial charge is 0.0195 e. The Morgan fingerprint density at radius 1 is 1.40 bits per heavy atom. The fourth-order valence-electron chi connectivity index (χ4n) is 2.03. The molecule has 0 aromatic rings. The first-order chi connectivity index (χ1) is 7.15. The third-order valence-corrected chi connectivity index (χ3v) is 2.89. The van der Waals surface area contributed by atoms with Gasteiger partial charge in [-0.3, -0.25) is 4.90 Å². The number of nitrogens with zero attached hydrogens (tertiary/aromatic N) is 1. The van der Waals surface area contributed by atoms with Gasteiger partial charge in [0, 0.05) is 31.7 Å². The summed E-state index contributed by atoms with van der Waals surface area (Å²) in [4.78, 5) is 2.67. The molecule has 1 fully saturated rings. The number of hydrogen-bond acceptors (Lipinski definition) is 2. The van der Waals surface area contributed by atoms with Crippen molar-refractivity contribution in [1.82, 2.24) is 10.2 Å². The molecule has 15 heavy (non-hydrogen) atoms. The quantitative estimate of drug-likeness (QED) is 0.488. The minimum atomic E-state index is 0.653. The SMILES string of the molecule is C=CCNCC(C)N(CC(C)C)C1CC1. The van der Waals surface area contributed by atoms with Crippen molar-refractivity contribution in [2.75, 3.05) is 19.6 Å². The van der Waals surface area contributed by atoms with Crippen molar-refractivity contribution in [2.45, 2.75) is 45.7 Å². The first-order valence-corrected chi connectivity index (χ1v) is 6.22. The summed E-state index contributed by atoms with van der Waals surface area (Å²) in [5, 5.41) is 3.41. The molecule has 0 heterocycles. The van der Waals surface area contributed by atoms with E-state index in [0.29, 0.717) is 6.04 Å². The summed E-state index contributed by atoms with van der Waals surface area (Å²) in [6, 6.07) is 1.52. The molecule has 1 unspecified atom stereocenters. The molecule has 0 saturated heterocycles. The van der Waals surface area contributed by atoms with Gasteiger partial charge in [-0.05, 0) is 25.7 Å². The summed E-state index contributed by atoms with van der Waals surface area (Å²) in [6.07, 6.45) is 4.73. The highest BCUT2D eigenvalue weighted by atomic mass is 15.2. The first-order valence-electron chi connectivity index (χ1n) is 6.22. The maximum absolute atomic E-state index is 3.72. The Hall–Kier alpha value is -0.340. The monoisotopic (exact) mass is 210 g/mol. The second-order valence-corrected chi connectivity index (χ2v) is 5.12. The molecular weight excluding hydrogens is 184 g/mol. The Balaban J connectivity index is 2.30. The lowest BCUT2D eigenvalue weighted by Gasteiger charge is -2.30. The number of hydrogen-bond donors (Lipinski definition) is 1. The molecule has 1 saturated carbocycles. The van der Waals surface area contributed by atoms with Crippen LogP contribution < -0.4 is 5.32 Å². The Bertz CT molecular complexity index is 185. The van der Waals surface area contributed by atoms with Crippen molar-refractivity contribution in [2.24, 2.45) is 5.92 Å². The third kappa shape index (κ3) is 4.80. The highest BCUT2D eigenvalue weighted by molar-refractivity contribution is 4.88. The van der Waals surface area contributed by atoms with Gasteiger partial charge in [0.25, 0.3) is 0 Å². The van der Waals surface area contributed by atoms with Gasteiger partial charge in [0.1, 0.15) is 0 Å². The predicted octanol–water partition coefficient (Wildman–Crippen LogP) is 2.27. The summed E-state index contributed by atoms with van der Waals surface area (Å²) in [7, 11) is 0. The molecule has 2 nitrogen and oxygen atoms in total. The Morgan fingerprint density at radius 3 is 2.53 bits per heavy atom. The van der Waals surface area contributed by atoms with Crippen LogP contribution in [0, 0.1) is 5.92 Å². The molecule has 0 aromatic heterocycles. The summed E-state index contributed by atoms with van der Waals surface area (Å²) < 4.78 is 0. The summed E-state index contributed by atoms with van der Waals surface area (Å²) in [5.74, 6) is 0.771. The standard InChI is InChI=1S/C13H26N2/c1-5-8-14-9-12(4)15(10-11(2)3)13-6-7-13/h5,11-14H,1,6-10H2,2-4H3. The molecule has 1 aliphatic rings. The van der Waals surface area contributed by atoms with Crippen LogP contribution >= 0.6 is 0 Å². The minimum absolute atomic E-state index is 0.653. The van der Waals surface area contributed by atoms with Crippen molar-refractivity contribution >= 4 is 0 Å². The lowest BCUT2D eigenvalue weighted by atomic mass is 10.1. The predicted molar refractivity (Wildman–Crippen MR) is 67.1 cm³/mol. The molecule has 1 N–H and O–H groups in total. The highest BCUT2D eigenvalue weighted by Gasteiger charge is 2.31. The molecule has 0 aliphatic heterocycles. The van der Waals surface area contributed by atoms with Crippen LogP contribution in [0.5, 0.6) is 0 Å². The maximum Gasteiger partial charge on any atom is 0.0195 e. The van der Waals surface area contributed by atoms with Gasteiger partial charge >= 0.3 is 0 Å². The zero-order chi connectivity index (χ0) is 11.3. The van der Waals surface area contributed by atoms with Crippen LogP contribution in [-0.4, -0.2) is 36.6 Å². The Labute approximate surface area is 94.7 Å². The summed E-state index contributed by atoms with van der Waals surface area (Å²) in [5.41, 5.74) is 0. The van der Waals surface area contributed by atoms with E-state index in [1.807, 2.05) is 6.08 Å². The van der Waals surface area contributed by atoms with E-state index >= 15 is 0 Å². The van der Waals surface area contributed by atoms with Crippen LogP contribution in [0.2, 0.25) is 0 Å². The van der Waals surface area contributed by atoms with Gasteiger partial charge in [0.15, 0.2) is 0 Å². The normalized spacial score (nSPS) is 18.5. The van der Waals surface area contributed by atoms with Gasteiger partial charge in [0.05, 0.1) is 0 Å². The van der Waals surface area contributed by atoms with Gasteiger partial charge in [-0.2, -0.15) is 0 Å². The van der Waals surface area contributed by atoms with E-state index < -0.39 is 0 Å². The fourth-order valence-corrected chi connectivity index (χ4v) is 2.03. The Morgan fingerprint density at radius 2 is 2.07 bits per heavy atom. The van der Waals surface area contributed by atoms with Gasteiger partial charge in [-0.25, -0.2) is 0 Å². The van der Waals surface area contributed by atoms with Gasteiger partial charge < -0.3 is 5.32 Å². The third-order valence-electron chi connectivity index (χ3n) is 2.89. The molecule has 1 atom stereocenters. The lowest BCUT2D eigenvalue weighted by Crippen LogP contribution is -2.43. The van der Waals surface area contributed by atoms with Crippen LogP contribution in [-0.2, 0) is 0 Å². The van der Waals surface area contributed by atoms with Crippen molar-refractivity contribution < 1.29 is 0 Å². The topological polar surface area (TPSA) is 15.3 Å². The summed E-state index contributed by atoms with van der Waals surface area (Å²) >= 11 is 0. The van der Waals surface area contributed by atoms with Gasteiger partial charge in [-0.1, -0.05) is 19.9 Å². The average Bonchev–Trinajstić information content (AvgIpc) is 2.97. The molecule has 0 spiro atoms.